The van der Waals surface area contributed by atoms with Gasteiger partial charge in [0.25, 0.3) is 0 Å². The average Bonchev–Trinajstić information content (AvgIpc) is 2.66. The van der Waals surface area contributed by atoms with Crippen LogP contribution in [0.15, 0.2) is 30.5 Å². The molecule has 3 saturated carbocycles. The molecule has 0 amide bonds. The molecule has 1 N–H and O–H groups in total. The standard InChI is InChI=1S/C21H27NO2/c1-3-13-10-15-5-4-14(13)11-18(15)21(23)17-8-9-22-20-7-6-16(24-2)12-19(17)20/h6-9,12-15,18,21,23H,3-5,10-11H2,1-2H3/t13?,14?,15?,18?,21-/m1/s1. The topological polar surface area (TPSA) is 42.4 Å². The van der Waals surface area contributed by atoms with E-state index in [1.807, 2.05) is 30.5 Å². The first kappa shape index (κ1) is 15.9. The smallest absolute Gasteiger partial charge is 0.119 e. The Morgan fingerprint density at radius 1 is 1.21 bits per heavy atom. The quantitative estimate of drug-likeness (QED) is 0.883. The molecule has 0 spiro atoms. The van der Waals surface area contributed by atoms with Crippen LogP contribution in [-0.4, -0.2) is 17.2 Å². The molecule has 3 heteroatoms. The minimum absolute atomic E-state index is 0.392. The molecule has 5 rings (SSSR count). The Morgan fingerprint density at radius 3 is 2.75 bits per heavy atom. The van der Waals surface area contributed by atoms with Crippen LogP contribution in [0.2, 0.25) is 0 Å². The molecule has 3 aliphatic carbocycles. The number of pyridine rings is 1. The number of aromatic nitrogens is 1. The molecule has 24 heavy (non-hydrogen) atoms. The van der Waals surface area contributed by atoms with Gasteiger partial charge in [0.2, 0.25) is 0 Å². The highest BCUT2D eigenvalue weighted by atomic mass is 16.5. The van der Waals surface area contributed by atoms with Crippen molar-refractivity contribution in [2.75, 3.05) is 7.11 Å². The van der Waals surface area contributed by atoms with E-state index in [1.54, 1.807) is 7.11 Å². The van der Waals surface area contributed by atoms with E-state index < -0.39 is 6.10 Å². The zero-order chi connectivity index (χ0) is 16.7. The molecule has 0 saturated heterocycles. The van der Waals surface area contributed by atoms with Crippen molar-refractivity contribution in [1.29, 1.82) is 0 Å². The van der Waals surface area contributed by atoms with Gasteiger partial charge in [0.15, 0.2) is 0 Å². The largest absolute Gasteiger partial charge is 0.497 e. The number of nitrogens with zero attached hydrogens (tertiary/aromatic N) is 1. The second kappa shape index (κ2) is 6.36. The summed E-state index contributed by atoms with van der Waals surface area (Å²) in [6.07, 6.45) is 7.84. The lowest BCUT2D eigenvalue weighted by Gasteiger charge is -2.49. The van der Waals surface area contributed by atoms with Crippen LogP contribution in [0.1, 0.15) is 50.7 Å². The number of fused-ring (bicyclic) bond motifs is 4. The highest BCUT2D eigenvalue weighted by Crippen LogP contribution is 2.53. The maximum atomic E-state index is 11.2. The molecule has 1 aromatic carbocycles. The van der Waals surface area contributed by atoms with E-state index in [4.69, 9.17) is 4.74 Å². The molecule has 0 radical (unpaired) electrons. The van der Waals surface area contributed by atoms with Crippen LogP contribution >= 0.6 is 0 Å². The van der Waals surface area contributed by atoms with Gasteiger partial charge >= 0.3 is 0 Å². The van der Waals surface area contributed by atoms with Gasteiger partial charge in [-0.1, -0.05) is 13.3 Å². The van der Waals surface area contributed by atoms with Crippen LogP contribution in [0.3, 0.4) is 0 Å². The summed E-state index contributed by atoms with van der Waals surface area (Å²) in [5.41, 5.74) is 1.95. The zero-order valence-electron chi connectivity index (χ0n) is 14.6. The summed E-state index contributed by atoms with van der Waals surface area (Å²) >= 11 is 0. The minimum atomic E-state index is -0.395. The van der Waals surface area contributed by atoms with Gasteiger partial charge in [0.05, 0.1) is 18.7 Å². The van der Waals surface area contributed by atoms with Crippen LogP contribution in [0, 0.1) is 23.7 Å². The Morgan fingerprint density at radius 2 is 2.04 bits per heavy atom. The van der Waals surface area contributed by atoms with E-state index in [1.165, 1.54) is 32.1 Å². The Kier molecular flexibility index (Phi) is 4.21. The highest BCUT2D eigenvalue weighted by Gasteiger charge is 2.43. The van der Waals surface area contributed by atoms with Gasteiger partial charge in [-0.2, -0.15) is 0 Å². The summed E-state index contributed by atoms with van der Waals surface area (Å²) in [5.74, 6) is 3.57. The van der Waals surface area contributed by atoms with E-state index in [0.29, 0.717) is 11.8 Å². The van der Waals surface area contributed by atoms with E-state index in [9.17, 15) is 5.11 Å². The Hall–Kier alpha value is -1.61. The lowest BCUT2D eigenvalue weighted by molar-refractivity contribution is -0.0336. The van der Waals surface area contributed by atoms with Crippen molar-refractivity contribution in [3.8, 4) is 5.75 Å². The van der Waals surface area contributed by atoms with Crippen LogP contribution < -0.4 is 4.74 Å². The average molecular weight is 325 g/mol. The molecule has 2 bridgehead atoms. The molecule has 3 aliphatic rings. The van der Waals surface area contributed by atoms with Crippen molar-refractivity contribution < 1.29 is 9.84 Å². The summed E-state index contributed by atoms with van der Waals surface area (Å²) in [5, 5.41) is 12.2. The number of methoxy groups -OCH3 is 1. The SMILES string of the molecule is CCC1CC2CCC1CC2[C@H](O)c1ccnc2ccc(OC)cc12. The fraction of sp³-hybridized carbons (Fsp3) is 0.571. The molecule has 128 valence electrons. The lowest BCUT2D eigenvalue weighted by atomic mass is 9.57. The fourth-order valence-electron chi connectivity index (χ4n) is 5.25. The third-order valence-electron chi connectivity index (χ3n) is 6.59. The van der Waals surface area contributed by atoms with Gasteiger partial charge in [-0.3, -0.25) is 4.98 Å². The maximum Gasteiger partial charge on any atom is 0.119 e. The minimum Gasteiger partial charge on any atom is -0.497 e. The van der Waals surface area contributed by atoms with Crippen molar-refractivity contribution >= 4 is 10.9 Å². The van der Waals surface area contributed by atoms with Crippen LogP contribution in [-0.2, 0) is 0 Å². The summed E-state index contributed by atoms with van der Waals surface area (Å²) in [7, 11) is 1.68. The predicted molar refractivity (Wildman–Crippen MR) is 96.0 cm³/mol. The molecular formula is C21H27NO2. The second-order valence-electron chi connectivity index (χ2n) is 7.63. The monoisotopic (exact) mass is 325 g/mol. The van der Waals surface area contributed by atoms with Crippen molar-refractivity contribution in [2.45, 2.75) is 45.1 Å². The molecule has 2 aromatic rings. The lowest BCUT2D eigenvalue weighted by Crippen LogP contribution is -2.40. The van der Waals surface area contributed by atoms with E-state index in [2.05, 4.69) is 11.9 Å². The van der Waals surface area contributed by atoms with E-state index in [0.717, 1.165) is 34.1 Å². The summed E-state index contributed by atoms with van der Waals surface area (Å²) < 4.78 is 5.37. The Bertz CT molecular complexity index is 729. The first-order valence-electron chi connectivity index (χ1n) is 9.32. The molecule has 1 heterocycles. The number of rotatable bonds is 4. The first-order chi connectivity index (χ1) is 11.7. The molecule has 3 fully saturated rings. The van der Waals surface area contributed by atoms with Crippen LogP contribution in [0.5, 0.6) is 5.75 Å². The number of hydrogen-bond acceptors (Lipinski definition) is 3. The molecule has 0 aliphatic heterocycles. The van der Waals surface area contributed by atoms with Crippen LogP contribution in [0.4, 0.5) is 0 Å². The van der Waals surface area contributed by atoms with E-state index >= 15 is 0 Å². The predicted octanol–water partition coefficient (Wildman–Crippen LogP) is 4.74. The van der Waals surface area contributed by atoms with Crippen molar-refractivity contribution in [3.63, 3.8) is 0 Å². The number of aliphatic hydroxyl groups is 1. The molecule has 4 unspecified atom stereocenters. The van der Waals surface area contributed by atoms with Gasteiger partial charge in [0.1, 0.15) is 5.75 Å². The van der Waals surface area contributed by atoms with Crippen LogP contribution in [0.25, 0.3) is 10.9 Å². The molecule has 1 aromatic heterocycles. The van der Waals surface area contributed by atoms with Crippen molar-refractivity contribution in [3.05, 3.63) is 36.0 Å². The number of ether oxygens (including phenoxy) is 1. The van der Waals surface area contributed by atoms with Gasteiger partial charge < -0.3 is 9.84 Å². The van der Waals surface area contributed by atoms with Gasteiger partial charge in [-0.15, -0.1) is 0 Å². The molecule has 3 nitrogen and oxygen atoms in total. The highest BCUT2D eigenvalue weighted by molar-refractivity contribution is 5.83. The fourth-order valence-corrected chi connectivity index (χ4v) is 5.25. The Balaban J connectivity index is 1.68. The summed E-state index contributed by atoms with van der Waals surface area (Å²) in [6.45, 7) is 2.32. The summed E-state index contributed by atoms with van der Waals surface area (Å²) in [4.78, 5) is 4.45. The zero-order valence-corrected chi connectivity index (χ0v) is 14.6. The number of hydrogen-bond donors (Lipinski definition) is 1. The second-order valence-corrected chi connectivity index (χ2v) is 7.63. The van der Waals surface area contributed by atoms with E-state index in [-0.39, 0.29) is 0 Å². The molecule has 5 atom stereocenters. The third-order valence-corrected chi connectivity index (χ3v) is 6.59. The van der Waals surface area contributed by atoms with Crippen molar-refractivity contribution in [2.24, 2.45) is 23.7 Å². The number of aliphatic hydroxyl groups excluding tert-OH is 1. The third kappa shape index (κ3) is 2.59. The maximum absolute atomic E-state index is 11.2. The summed E-state index contributed by atoms with van der Waals surface area (Å²) in [6, 6.07) is 7.91. The Labute approximate surface area is 144 Å². The molecular weight excluding hydrogens is 298 g/mol. The first-order valence-corrected chi connectivity index (χ1v) is 9.32. The normalized spacial score (nSPS) is 30.5. The van der Waals surface area contributed by atoms with Gasteiger partial charge in [0, 0.05) is 11.6 Å². The number of benzene rings is 1. The van der Waals surface area contributed by atoms with Gasteiger partial charge in [-0.05, 0) is 79.2 Å². The van der Waals surface area contributed by atoms with Gasteiger partial charge in [-0.25, -0.2) is 0 Å². The van der Waals surface area contributed by atoms with Crippen molar-refractivity contribution in [1.82, 2.24) is 4.98 Å².